The predicted molar refractivity (Wildman–Crippen MR) is 110 cm³/mol. The van der Waals surface area contributed by atoms with Crippen LogP contribution < -0.4 is 5.73 Å². The van der Waals surface area contributed by atoms with Gasteiger partial charge in [0.25, 0.3) is 5.91 Å². The quantitative estimate of drug-likeness (QED) is 0.510. The Labute approximate surface area is 163 Å². The number of aromatic amines is 1. The maximum absolute atomic E-state index is 12.5. The van der Waals surface area contributed by atoms with Crippen molar-refractivity contribution >= 4 is 28.2 Å². The molecule has 3 aromatic rings. The molecule has 0 saturated carbocycles. The van der Waals surface area contributed by atoms with Gasteiger partial charge in [0, 0.05) is 35.9 Å². The average Bonchev–Trinajstić information content (AvgIpc) is 3.40. The molecule has 4 rings (SSSR count). The summed E-state index contributed by atoms with van der Waals surface area (Å²) in [6.45, 7) is 2.59. The Morgan fingerprint density at radius 3 is 2.82 bits per heavy atom. The van der Waals surface area contributed by atoms with Gasteiger partial charge in [0.05, 0.1) is 20.2 Å². The van der Waals surface area contributed by atoms with Crippen LogP contribution >= 0.6 is 0 Å². The lowest BCUT2D eigenvalue weighted by Gasteiger charge is -2.25. The van der Waals surface area contributed by atoms with Crippen molar-refractivity contribution in [2.75, 3.05) is 39.0 Å². The van der Waals surface area contributed by atoms with E-state index in [2.05, 4.69) is 22.0 Å². The number of nitrogens with one attached hydrogen (secondary N) is 1. The number of hydroxylamine groups is 2. The lowest BCUT2D eigenvalue weighted by molar-refractivity contribution is -0.0963. The summed E-state index contributed by atoms with van der Waals surface area (Å²) in [5.74, 6) is 0.739. The van der Waals surface area contributed by atoms with Crippen molar-refractivity contribution in [3.8, 4) is 0 Å². The van der Waals surface area contributed by atoms with Crippen LogP contribution in [0.1, 0.15) is 16.1 Å². The molecular formula is C21H23N5O2. The number of aliphatic imine (C=N–C) groups is 1. The van der Waals surface area contributed by atoms with Gasteiger partial charge in [-0.05, 0) is 23.6 Å². The number of carbonyl (C=O) groups excluding carboxylic acids is 1. The maximum atomic E-state index is 12.5. The van der Waals surface area contributed by atoms with Crippen molar-refractivity contribution in [3.63, 3.8) is 0 Å². The number of hydrogen-bond donors (Lipinski definition) is 2. The van der Waals surface area contributed by atoms with Crippen molar-refractivity contribution in [2.24, 2.45) is 4.99 Å². The lowest BCUT2D eigenvalue weighted by Crippen LogP contribution is -2.39. The highest BCUT2D eigenvalue weighted by Gasteiger charge is 2.23. The Morgan fingerprint density at radius 1 is 1.21 bits per heavy atom. The summed E-state index contributed by atoms with van der Waals surface area (Å²) in [5, 5.41) is 3.47. The summed E-state index contributed by atoms with van der Waals surface area (Å²) in [6.07, 6.45) is 1.72. The zero-order chi connectivity index (χ0) is 19.5. The van der Waals surface area contributed by atoms with Crippen LogP contribution in [0, 0.1) is 0 Å². The molecule has 1 aliphatic rings. The van der Waals surface area contributed by atoms with Crippen LogP contribution in [0.5, 0.6) is 0 Å². The molecule has 2 aromatic carbocycles. The molecule has 0 fully saturated rings. The van der Waals surface area contributed by atoms with E-state index in [-0.39, 0.29) is 5.91 Å². The average molecular weight is 377 g/mol. The SMILES string of the molecule is CON(CCN1CCN=C1c1cccc2c(N)cccc12)C(=O)c1ccc[nH]1. The molecule has 0 unspecified atom stereocenters. The standard InChI is InChI=1S/C21H23N5O2/c1-28-26(21(27)19-9-4-10-23-19)14-13-25-12-11-24-20(25)17-7-2-6-16-15(17)5-3-8-18(16)22/h2-10,23H,11-14,22H2,1H3. The molecule has 0 spiro atoms. The third-order valence-electron chi connectivity index (χ3n) is 4.98. The van der Waals surface area contributed by atoms with Crippen molar-refractivity contribution in [1.82, 2.24) is 14.9 Å². The molecule has 1 aromatic heterocycles. The Hall–Kier alpha value is -3.32. The summed E-state index contributed by atoms with van der Waals surface area (Å²) in [6, 6.07) is 15.5. The molecule has 7 heteroatoms. The van der Waals surface area contributed by atoms with Crippen molar-refractivity contribution in [3.05, 3.63) is 66.0 Å². The smallest absolute Gasteiger partial charge is 0.293 e. The van der Waals surface area contributed by atoms with Crippen LogP contribution in [0.4, 0.5) is 5.69 Å². The molecule has 3 N–H and O–H groups in total. The van der Waals surface area contributed by atoms with Crippen LogP contribution in [0.25, 0.3) is 10.8 Å². The second kappa shape index (κ2) is 7.74. The first-order chi connectivity index (χ1) is 13.7. The van der Waals surface area contributed by atoms with Gasteiger partial charge in [0.2, 0.25) is 0 Å². The zero-order valence-corrected chi connectivity index (χ0v) is 15.8. The summed E-state index contributed by atoms with van der Waals surface area (Å²) in [5.41, 5.74) is 8.45. The Balaban J connectivity index is 1.53. The van der Waals surface area contributed by atoms with Crippen LogP contribution in [0.15, 0.2) is 59.7 Å². The monoisotopic (exact) mass is 377 g/mol. The number of nitrogens with zero attached hydrogens (tertiary/aromatic N) is 3. The van der Waals surface area contributed by atoms with E-state index >= 15 is 0 Å². The molecule has 0 bridgehead atoms. The highest BCUT2D eigenvalue weighted by Crippen LogP contribution is 2.26. The first kappa shape index (κ1) is 18.1. The third kappa shape index (κ3) is 3.32. The molecule has 0 radical (unpaired) electrons. The number of amidine groups is 1. The Bertz CT molecular complexity index is 1010. The molecule has 0 saturated heterocycles. The third-order valence-corrected chi connectivity index (χ3v) is 4.98. The van der Waals surface area contributed by atoms with Gasteiger partial charge >= 0.3 is 0 Å². The molecule has 2 heterocycles. The highest BCUT2D eigenvalue weighted by atomic mass is 16.7. The first-order valence-corrected chi connectivity index (χ1v) is 9.25. The molecule has 1 amide bonds. The van der Waals surface area contributed by atoms with Crippen LogP contribution in [0.3, 0.4) is 0 Å². The molecule has 144 valence electrons. The fourth-order valence-electron chi connectivity index (χ4n) is 3.57. The van der Waals surface area contributed by atoms with E-state index in [1.165, 1.54) is 12.2 Å². The molecule has 28 heavy (non-hydrogen) atoms. The summed E-state index contributed by atoms with van der Waals surface area (Å²) in [7, 11) is 1.51. The normalized spacial score (nSPS) is 13.8. The number of H-pyrrole nitrogens is 1. The minimum Gasteiger partial charge on any atom is -0.398 e. The van der Waals surface area contributed by atoms with E-state index in [4.69, 9.17) is 15.6 Å². The van der Waals surface area contributed by atoms with Gasteiger partial charge in [-0.25, -0.2) is 5.06 Å². The number of nitrogen functional groups attached to an aromatic ring is 1. The van der Waals surface area contributed by atoms with Gasteiger partial charge in [0.15, 0.2) is 0 Å². The number of hydrogen-bond acceptors (Lipinski definition) is 5. The number of aromatic nitrogens is 1. The minimum atomic E-state index is -0.192. The molecular weight excluding hydrogens is 354 g/mol. The lowest BCUT2D eigenvalue weighted by atomic mass is 10.0. The number of rotatable bonds is 6. The van der Waals surface area contributed by atoms with Crippen LogP contribution in [-0.4, -0.2) is 60.0 Å². The van der Waals surface area contributed by atoms with Gasteiger partial charge in [-0.2, -0.15) is 0 Å². The zero-order valence-electron chi connectivity index (χ0n) is 15.8. The van der Waals surface area contributed by atoms with E-state index in [9.17, 15) is 4.79 Å². The van der Waals surface area contributed by atoms with Gasteiger partial charge in [-0.15, -0.1) is 0 Å². The van der Waals surface area contributed by atoms with E-state index in [1.807, 2.05) is 24.3 Å². The van der Waals surface area contributed by atoms with E-state index < -0.39 is 0 Å². The Kier molecular flexibility index (Phi) is 4.99. The minimum absolute atomic E-state index is 0.192. The second-order valence-electron chi connectivity index (χ2n) is 6.61. The van der Waals surface area contributed by atoms with Crippen molar-refractivity contribution < 1.29 is 9.63 Å². The highest BCUT2D eigenvalue weighted by molar-refractivity contribution is 6.12. The number of anilines is 1. The molecule has 1 aliphatic heterocycles. The number of benzene rings is 2. The summed E-state index contributed by atoms with van der Waals surface area (Å²) >= 11 is 0. The number of nitrogens with two attached hydrogens (primary N) is 1. The fourth-order valence-corrected chi connectivity index (χ4v) is 3.57. The molecule has 0 aliphatic carbocycles. The van der Waals surface area contributed by atoms with E-state index in [0.717, 1.165) is 40.9 Å². The molecule has 0 atom stereocenters. The Morgan fingerprint density at radius 2 is 2.04 bits per heavy atom. The van der Waals surface area contributed by atoms with Crippen LogP contribution in [0.2, 0.25) is 0 Å². The van der Waals surface area contributed by atoms with Crippen molar-refractivity contribution in [2.45, 2.75) is 0 Å². The summed E-state index contributed by atoms with van der Waals surface area (Å²) in [4.78, 5) is 27.6. The van der Waals surface area contributed by atoms with E-state index in [0.29, 0.717) is 18.8 Å². The fraction of sp³-hybridized carbons (Fsp3) is 0.238. The largest absolute Gasteiger partial charge is 0.398 e. The predicted octanol–water partition coefficient (Wildman–Crippen LogP) is 2.52. The second-order valence-corrected chi connectivity index (χ2v) is 6.61. The van der Waals surface area contributed by atoms with Crippen LogP contribution in [-0.2, 0) is 4.84 Å². The van der Waals surface area contributed by atoms with Gasteiger partial charge in [-0.1, -0.05) is 30.3 Å². The van der Waals surface area contributed by atoms with Gasteiger partial charge in [0.1, 0.15) is 11.5 Å². The van der Waals surface area contributed by atoms with Gasteiger partial charge in [-0.3, -0.25) is 14.6 Å². The van der Waals surface area contributed by atoms with Gasteiger partial charge < -0.3 is 15.6 Å². The number of carbonyl (C=O) groups is 1. The number of fused-ring (bicyclic) bond motifs is 1. The maximum Gasteiger partial charge on any atom is 0.293 e. The van der Waals surface area contributed by atoms with Crippen molar-refractivity contribution in [1.29, 1.82) is 0 Å². The first-order valence-electron chi connectivity index (χ1n) is 9.25. The number of amides is 1. The van der Waals surface area contributed by atoms with E-state index in [1.54, 1.807) is 18.3 Å². The summed E-state index contributed by atoms with van der Waals surface area (Å²) < 4.78 is 0. The topological polar surface area (TPSA) is 86.9 Å². The molecule has 7 nitrogen and oxygen atoms in total.